The molecular weight excluding hydrogens is 312 g/mol. The van der Waals surface area contributed by atoms with Crippen molar-refractivity contribution in [2.24, 2.45) is 7.05 Å². The van der Waals surface area contributed by atoms with Crippen molar-refractivity contribution in [2.45, 2.75) is 32.2 Å². The Morgan fingerprint density at radius 1 is 1.33 bits per heavy atom. The molecule has 2 aliphatic rings. The van der Waals surface area contributed by atoms with E-state index < -0.39 is 0 Å². The fourth-order valence-corrected chi connectivity index (χ4v) is 3.16. The van der Waals surface area contributed by atoms with Gasteiger partial charge in [-0.1, -0.05) is 6.92 Å². The summed E-state index contributed by atoms with van der Waals surface area (Å²) in [6, 6.07) is 0.378. The second-order valence-corrected chi connectivity index (χ2v) is 6.46. The summed E-state index contributed by atoms with van der Waals surface area (Å²) in [4.78, 5) is 27.1. The van der Waals surface area contributed by atoms with E-state index in [0.29, 0.717) is 56.7 Å². The highest BCUT2D eigenvalue weighted by Crippen LogP contribution is 2.32. The Labute approximate surface area is 140 Å². The van der Waals surface area contributed by atoms with Gasteiger partial charge < -0.3 is 10.2 Å². The molecule has 2 heterocycles. The Kier molecular flexibility index (Phi) is 4.70. The van der Waals surface area contributed by atoms with Crippen LogP contribution < -0.4 is 10.2 Å². The molecule has 2 fully saturated rings. The summed E-state index contributed by atoms with van der Waals surface area (Å²) in [5, 5.41) is 18.7. The van der Waals surface area contributed by atoms with Crippen molar-refractivity contribution in [3.8, 4) is 0 Å². The molecule has 3 rings (SSSR count). The minimum atomic E-state index is -0.337. The number of rotatable bonds is 6. The smallest absolute Gasteiger partial charge is 0.334 e. The van der Waals surface area contributed by atoms with E-state index in [0.717, 1.165) is 12.8 Å². The average Bonchev–Trinajstić information content (AvgIpc) is 3.28. The van der Waals surface area contributed by atoms with Crippen LogP contribution in [0.2, 0.25) is 0 Å². The number of carbonyl (C=O) groups excluding carboxylic acids is 1. The van der Waals surface area contributed by atoms with E-state index in [9.17, 15) is 14.9 Å². The first kappa shape index (κ1) is 16.7. The van der Waals surface area contributed by atoms with Gasteiger partial charge in [0.15, 0.2) is 0 Å². The van der Waals surface area contributed by atoms with Crippen LogP contribution in [0, 0.1) is 10.1 Å². The van der Waals surface area contributed by atoms with Crippen LogP contribution in [0.15, 0.2) is 0 Å². The Hall–Kier alpha value is -2.16. The van der Waals surface area contributed by atoms with Gasteiger partial charge in [0.25, 0.3) is 0 Å². The first-order valence-electron chi connectivity index (χ1n) is 8.46. The molecule has 0 atom stereocenters. The van der Waals surface area contributed by atoms with Gasteiger partial charge in [0.05, 0.1) is 11.5 Å². The van der Waals surface area contributed by atoms with Gasteiger partial charge in [0.1, 0.15) is 5.69 Å². The van der Waals surface area contributed by atoms with Crippen molar-refractivity contribution in [1.82, 2.24) is 20.0 Å². The van der Waals surface area contributed by atoms with Crippen LogP contribution in [0.4, 0.5) is 11.5 Å². The van der Waals surface area contributed by atoms with E-state index >= 15 is 0 Å². The molecule has 1 amide bonds. The van der Waals surface area contributed by atoms with E-state index in [1.807, 2.05) is 11.8 Å². The van der Waals surface area contributed by atoms with Crippen molar-refractivity contribution in [1.29, 1.82) is 0 Å². The molecule has 1 saturated carbocycles. The number of carbonyl (C=O) groups is 1. The zero-order chi connectivity index (χ0) is 17.3. The van der Waals surface area contributed by atoms with Crippen LogP contribution in [-0.4, -0.2) is 64.3 Å². The number of hydrogen-bond acceptors (Lipinski definition) is 6. The number of aryl methyl sites for hydroxylation is 2. The molecule has 9 nitrogen and oxygen atoms in total. The first-order chi connectivity index (χ1) is 11.5. The number of nitro groups is 1. The van der Waals surface area contributed by atoms with E-state index in [2.05, 4.69) is 15.3 Å². The van der Waals surface area contributed by atoms with Gasteiger partial charge in [-0.3, -0.25) is 19.8 Å². The molecule has 0 aromatic carbocycles. The number of piperazine rings is 1. The third kappa shape index (κ3) is 3.50. The highest BCUT2D eigenvalue weighted by molar-refractivity contribution is 5.78. The van der Waals surface area contributed by atoms with Gasteiger partial charge in [0.2, 0.25) is 11.7 Å². The van der Waals surface area contributed by atoms with Gasteiger partial charge in [-0.05, 0) is 19.3 Å². The zero-order valence-corrected chi connectivity index (χ0v) is 14.2. The maximum atomic E-state index is 11.9. The van der Waals surface area contributed by atoms with Crippen molar-refractivity contribution in [2.75, 3.05) is 37.6 Å². The van der Waals surface area contributed by atoms with Gasteiger partial charge in [0, 0.05) is 39.3 Å². The number of nitrogens with zero attached hydrogens (tertiary/aromatic N) is 5. The number of amides is 1. The van der Waals surface area contributed by atoms with Gasteiger partial charge in [-0.25, -0.2) is 4.68 Å². The lowest BCUT2D eigenvalue weighted by Gasteiger charge is -2.34. The molecule has 132 valence electrons. The normalized spacial score (nSPS) is 18.7. The van der Waals surface area contributed by atoms with Crippen LogP contribution in [0.3, 0.4) is 0 Å². The van der Waals surface area contributed by atoms with Crippen molar-refractivity contribution < 1.29 is 9.72 Å². The van der Waals surface area contributed by atoms with E-state index in [1.165, 1.54) is 0 Å². The number of aromatic nitrogens is 2. The standard InChI is InChI=1S/C15H24N6O3/c1-3-12-14(21(23)24)15(18(2)17-12)20-8-6-19(7-9-20)10-13(22)16-11-4-5-11/h11H,3-10H2,1-2H3,(H,16,22). The minimum Gasteiger partial charge on any atom is -0.352 e. The molecule has 24 heavy (non-hydrogen) atoms. The average molecular weight is 336 g/mol. The Balaban J connectivity index is 1.63. The summed E-state index contributed by atoms with van der Waals surface area (Å²) in [5.74, 6) is 0.643. The fourth-order valence-electron chi connectivity index (χ4n) is 3.16. The lowest BCUT2D eigenvalue weighted by Crippen LogP contribution is -2.50. The quantitative estimate of drug-likeness (QED) is 0.592. The summed E-state index contributed by atoms with van der Waals surface area (Å²) in [6.45, 7) is 5.00. The van der Waals surface area contributed by atoms with Gasteiger partial charge in [-0.2, -0.15) is 5.10 Å². The molecule has 0 radical (unpaired) electrons. The maximum absolute atomic E-state index is 11.9. The van der Waals surface area contributed by atoms with Crippen LogP contribution in [-0.2, 0) is 18.3 Å². The lowest BCUT2D eigenvalue weighted by molar-refractivity contribution is -0.384. The highest BCUT2D eigenvalue weighted by atomic mass is 16.6. The molecule has 0 spiro atoms. The second kappa shape index (κ2) is 6.76. The lowest BCUT2D eigenvalue weighted by atomic mass is 10.2. The Bertz CT molecular complexity index is 631. The van der Waals surface area contributed by atoms with Gasteiger partial charge in [-0.15, -0.1) is 0 Å². The molecule has 1 N–H and O–H groups in total. The van der Waals surface area contributed by atoms with Crippen LogP contribution >= 0.6 is 0 Å². The van der Waals surface area contributed by atoms with Crippen molar-refractivity contribution in [3.63, 3.8) is 0 Å². The summed E-state index contributed by atoms with van der Waals surface area (Å²) < 4.78 is 1.60. The summed E-state index contributed by atoms with van der Waals surface area (Å²) >= 11 is 0. The van der Waals surface area contributed by atoms with Crippen molar-refractivity contribution in [3.05, 3.63) is 15.8 Å². The molecule has 9 heteroatoms. The zero-order valence-electron chi connectivity index (χ0n) is 14.2. The van der Waals surface area contributed by atoms with Crippen LogP contribution in [0.1, 0.15) is 25.5 Å². The predicted molar refractivity (Wildman–Crippen MR) is 89.1 cm³/mol. The third-order valence-electron chi connectivity index (χ3n) is 4.56. The minimum absolute atomic E-state index is 0.0748. The molecule has 1 aromatic rings. The number of nitrogens with one attached hydrogen (secondary N) is 1. The molecule has 0 bridgehead atoms. The van der Waals surface area contributed by atoms with Crippen LogP contribution in [0.5, 0.6) is 0 Å². The topological polar surface area (TPSA) is 96.5 Å². The number of hydrogen-bond donors (Lipinski definition) is 1. The fraction of sp³-hybridized carbons (Fsp3) is 0.733. The van der Waals surface area contributed by atoms with Crippen molar-refractivity contribution >= 4 is 17.4 Å². The summed E-state index contributed by atoms with van der Waals surface area (Å²) in [5.41, 5.74) is 0.628. The molecule has 1 saturated heterocycles. The summed E-state index contributed by atoms with van der Waals surface area (Å²) in [6.07, 6.45) is 2.71. The highest BCUT2D eigenvalue weighted by Gasteiger charge is 2.32. The van der Waals surface area contributed by atoms with Crippen LogP contribution in [0.25, 0.3) is 0 Å². The van der Waals surface area contributed by atoms with E-state index in [-0.39, 0.29) is 16.5 Å². The molecule has 0 unspecified atom stereocenters. The maximum Gasteiger partial charge on any atom is 0.334 e. The molecular formula is C15H24N6O3. The summed E-state index contributed by atoms with van der Waals surface area (Å²) in [7, 11) is 1.75. The monoisotopic (exact) mass is 336 g/mol. The first-order valence-corrected chi connectivity index (χ1v) is 8.46. The van der Waals surface area contributed by atoms with E-state index in [1.54, 1.807) is 11.7 Å². The Morgan fingerprint density at radius 2 is 2.00 bits per heavy atom. The third-order valence-corrected chi connectivity index (χ3v) is 4.56. The molecule has 1 aromatic heterocycles. The predicted octanol–water partition coefficient (Wildman–Crippen LogP) is 0.291. The van der Waals surface area contributed by atoms with E-state index in [4.69, 9.17) is 0 Å². The molecule has 1 aliphatic heterocycles. The SMILES string of the molecule is CCc1nn(C)c(N2CCN(CC(=O)NC3CC3)CC2)c1[N+](=O)[O-]. The second-order valence-electron chi connectivity index (χ2n) is 6.46. The Morgan fingerprint density at radius 3 is 2.54 bits per heavy atom. The number of anilines is 1. The van der Waals surface area contributed by atoms with Gasteiger partial charge >= 0.3 is 5.69 Å². The molecule has 1 aliphatic carbocycles. The largest absolute Gasteiger partial charge is 0.352 e.